The minimum Gasteiger partial charge on any atom is -0.465 e. The molecule has 0 aliphatic rings. The zero-order chi connectivity index (χ0) is 23.4. The Morgan fingerprint density at radius 1 is 1.12 bits per heavy atom. The number of benzene rings is 1. The Morgan fingerprint density at radius 2 is 1.97 bits per heavy atom. The lowest BCUT2D eigenvalue weighted by molar-refractivity contribution is -0.114. The number of anilines is 1. The van der Waals surface area contributed by atoms with Gasteiger partial charge in [-0.1, -0.05) is 11.6 Å². The van der Waals surface area contributed by atoms with Crippen molar-refractivity contribution in [3.05, 3.63) is 82.8 Å². The van der Waals surface area contributed by atoms with Crippen LogP contribution in [0.1, 0.15) is 28.1 Å². The topological polar surface area (TPSA) is 108 Å². The van der Waals surface area contributed by atoms with E-state index in [1.54, 1.807) is 42.6 Å². The third-order valence-electron chi connectivity index (χ3n) is 4.99. The maximum absolute atomic E-state index is 12.2. The van der Waals surface area contributed by atoms with Gasteiger partial charge in [-0.15, -0.1) is 0 Å². The summed E-state index contributed by atoms with van der Waals surface area (Å²) >= 11 is 6.43. The number of methoxy groups -OCH3 is 1. The lowest BCUT2D eigenvalue weighted by Gasteiger charge is -2.04. The number of fused-ring (bicyclic) bond motifs is 1. The lowest BCUT2D eigenvalue weighted by atomic mass is 10.1. The summed E-state index contributed by atoms with van der Waals surface area (Å²) in [6.45, 7) is 0. The Kier molecular flexibility index (Phi) is 6.51. The number of aromatic nitrogens is 2. The highest BCUT2D eigenvalue weighted by Gasteiger charge is 2.13. The molecule has 0 aliphatic heterocycles. The van der Waals surface area contributed by atoms with Crippen molar-refractivity contribution in [2.24, 2.45) is 0 Å². The summed E-state index contributed by atoms with van der Waals surface area (Å²) in [7, 11) is 1.32. The zero-order valence-electron chi connectivity index (χ0n) is 17.7. The normalized spacial score (nSPS) is 11.2. The van der Waals surface area contributed by atoms with E-state index in [-0.39, 0.29) is 5.78 Å². The average molecular weight is 462 g/mol. The molecule has 166 valence electrons. The van der Waals surface area contributed by atoms with Crippen LogP contribution in [0, 0.1) is 0 Å². The van der Waals surface area contributed by atoms with Crippen LogP contribution in [0.25, 0.3) is 28.3 Å². The molecule has 0 atom stereocenters. The van der Waals surface area contributed by atoms with E-state index < -0.39 is 5.97 Å². The SMILES string of the molecule is COC(=O)c1ccc(-c2cc(Cl)c3oc(CCC(=O)/C=C/c4ccc(N)nc4)cc3c2)nc1. The molecule has 4 aromatic rings. The van der Waals surface area contributed by atoms with Crippen LogP contribution in [0.2, 0.25) is 5.02 Å². The number of rotatable bonds is 7. The highest BCUT2D eigenvalue weighted by Crippen LogP contribution is 2.32. The van der Waals surface area contributed by atoms with Gasteiger partial charge in [0.1, 0.15) is 11.6 Å². The Hall–Kier alpha value is -3.97. The smallest absolute Gasteiger partial charge is 0.339 e. The molecular weight excluding hydrogens is 442 g/mol. The molecule has 0 saturated heterocycles. The molecule has 0 saturated carbocycles. The lowest BCUT2D eigenvalue weighted by Crippen LogP contribution is -2.01. The van der Waals surface area contributed by atoms with Gasteiger partial charge < -0.3 is 14.9 Å². The van der Waals surface area contributed by atoms with Crippen LogP contribution >= 0.6 is 11.6 Å². The van der Waals surface area contributed by atoms with E-state index in [1.807, 2.05) is 12.1 Å². The third-order valence-corrected chi connectivity index (χ3v) is 5.27. The number of ether oxygens (including phenoxy) is 1. The second-order valence-electron chi connectivity index (χ2n) is 7.33. The number of furan rings is 1. The molecule has 0 fully saturated rings. The van der Waals surface area contributed by atoms with Crippen LogP contribution in [0.3, 0.4) is 0 Å². The second-order valence-corrected chi connectivity index (χ2v) is 7.74. The van der Waals surface area contributed by atoms with Crippen LogP contribution in [-0.4, -0.2) is 28.8 Å². The fourth-order valence-corrected chi connectivity index (χ4v) is 3.54. The molecule has 2 N–H and O–H groups in total. The van der Waals surface area contributed by atoms with Gasteiger partial charge in [0.05, 0.1) is 23.4 Å². The maximum Gasteiger partial charge on any atom is 0.339 e. The molecule has 0 amide bonds. The van der Waals surface area contributed by atoms with Gasteiger partial charge in [-0.3, -0.25) is 9.78 Å². The maximum atomic E-state index is 12.2. The van der Waals surface area contributed by atoms with Crippen molar-refractivity contribution in [3.63, 3.8) is 0 Å². The molecule has 0 unspecified atom stereocenters. The first-order valence-electron chi connectivity index (χ1n) is 10.1. The number of hydrogen-bond acceptors (Lipinski definition) is 7. The van der Waals surface area contributed by atoms with Crippen molar-refractivity contribution in [2.75, 3.05) is 12.8 Å². The second kappa shape index (κ2) is 9.67. The first-order chi connectivity index (χ1) is 15.9. The molecule has 33 heavy (non-hydrogen) atoms. The van der Waals surface area contributed by atoms with Crippen molar-refractivity contribution in [2.45, 2.75) is 12.8 Å². The summed E-state index contributed by atoms with van der Waals surface area (Å²) in [4.78, 5) is 32.2. The summed E-state index contributed by atoms with van der Waals surface area (Å²) in [6, 6.07) is 12.4. The van der Waals surface area contributed by atoms with E-state index in [9.17, 15) is 9.59 Å². The van der Waals surface area contributed by atoms with Gasteiger partial charge in [-0.2, -0.15) is 0 Å². The van der Waals surface area contributed by atoms with Gasteiger partial charge >= 0.3 is 5.97 Å². The summed E-state index contributed by atoms with van der Waals surface area (Å²) in [5.41, 5.74) is 8.72. The Bertz CT molecular complexity index is 1340. The highest BCUT2D eigenvalue weighted by atomic mass is 35.5. The van der Waals surface area contributed by atoms with Crippen molar-refractivity contribution in [1.29, 1.82) is 0 Å². The molecule has 3 aromatic heterocycles. The minimum absolute atomic E-state index is 0.0334. The predicted molar refractivity (Wildman–Crippen MR) is 127 cm³/mol. The van der Waals surface area contributed by atoms with E-state index in [1.165, 1.54) is 19.4 Å². The van der Waals surface area contributed by atoms with Crippen LogP contribution in [-0.2, 0) is 16.0 Å². The molecule has 1 aromatic carbocycles. The van der Waals surface area contributed by atoms with Gasteiger partial charge in [0.15, 0.2) is 11.4 Å². The van der Waals surface area contributed by atoms with Gasteiger partial charge in [-0.25, -0.2) is 9.78 Å². The number of allylic oxidation sites excluding steroid dienone is 1. The number of ketones is 1. The number of nitrogens with two attached hydrogens (primary N) is 1. The number of pyridine rings is 2. The first-order valence-corrected chi connectivity index (χ1v) is 10.5. The number of esters is 1. The third kappa shape index (κ3) is 5.27. The summed E-state index contributed by atoms with van der Waals surface area (Å²) in [5, 5.41) is 1.25. The fourth-order valence-electron chi connectivity index (χ4n) is 3.27. The van der Waals surface area contributed by atoms with Gasteiger partial charge in [-0.05, 0) is 60.2 Å². The van der Waals surface area contributed by atoms with Crippen LogP contribution < -0.4 is 5.73 Å². The number of carbonyl (C=O) groups is 2. The average Bonchev–Trinajstić information content (AvgIpc) is 3.26. The summed E-state index contributed by atoms with van der Waals surface area (Å²) in [5.74, 6) is 0.610. The van der Waals surface area contributed by atoms with Gasteiger partial charge in [0, 0.05) is 36.2 Å². The first kappa shape index (κ1) is 22.2. The number of aryl methyl sites for hydroxylation is 1. The quantitative estimate of drug-likeness (QED) is 0.300. The van der Waals surface area contributed by atoms with Crippen molar-refractivity contribution in [3.8, 4) is 11.3 Å². The molecule has 7 nitrogen and oxygen atoms in total. The predicted octanol–water partition coefficient (Wildman–Crippen LogP) is 5.13. The number of nitrogen functional groups attached to an aromatic ring is 1. The molecular formula is C25H20ClN3O4. The van der Waals surface area contributed by atoms with Crippen LogP contribution in [0.15, 0.2) is 65.4 Å². The van der Waals surface area contributed by atoms with E-state index >= 15 is 0 Å². The Balaban J connectivity index is 1.46. The van der Waals surface area contributed by atoms with Crippen LogP contribution in [0.5, 0.6) is 0 Å². The molecule has 0 bridgehead atoms. The molecule has 4 rings (SSSR count). The molecule has 0 radical (unpaired) electrons. The Morgan fingerprint density at radius 3 is 2.67 bits per heavy atom. The van der Waals surface area contributed by atoms with Crippen molar-refractivity contribution >= 4 is 46.2 Å². The van der Waals surface area contributed by atoms with E-state index in [2.05, 4.69) is 9.97 Å². The van der Waals surface area contributed by atoms with Crippen molar-refractivity contribution in [1.82, 2.24) is 9.97 Å². The molecule has 0 aliphatic carbocycles. The Labute approximate surface area is 194 Å². The summed E-state index contributed by atoms with van der Waals surface area (Å²) < 4.78 is 10.6. The largest absolute Gasteiger partial charge is 0.465 e. The fraction of sp³-hybridized carbons (Fsp3) is 0.120. The van der Waals surface area contributed by atoms with E-state index in [0.29, 0.717) is 46.3 Å². The molecule has 0 spiro atoms. The zero-order valence-corrected chi connectivity index (χ0v) is 18.5. The molecule has 3 heterocycles. The number of halogens is 1. The monoisotopic (exact) mass is 461 g/mol. The summed E-state index contributed by atoms with van der Waals surface area (Å²) in [6.07, 6.45) is 7.02. The van der Waals surface area contributed by atoms with Gasteiger partial charge in [0.2, 0.25) is 0 Å². The molecule has 8 heteroatoms. The van der Waals surface area contributed by atoms with Crippen LogP contribution in [0.4, 0.5) is 5.82 Å². The van der Waals surface area contributed by atoms with Crippen molar-refractivity contribution < 1.29 is 18.7 Å². The highest BCUT2D eigenvalue weighted by molar-refractivity contribution is 6.35. The standard InChI is InChI=1S/C25H20ClN3O4/c1-32-25(31)16-4-8-22(28-14-16)17-10-18-11-20(33-24(18)21(26)12-17)7-6-19(30)5-2-15-3-9-23(27)29-13-15/h2-5,8-14H,6-7H2,1H3,(H2,27,29)/b5-2+. The number of hydrogen-bond donors (Lipinski definition) is 1. The number of nitrogens with zero attached hydrogens (tertiary/aromatic N) is 2. The van der Waals surface area contributed by atoms with E-state index in [4.69, 9.17) is 26.5 Å². The number of carbonyl (C=O) groups excluding carboxylic acids is 2. The van der Waals surface area contributed by atoms with E-state index in [0.717, 1.165) is 16.5 Å². The minimum atomic E-state index is -0.448. The van der Waals surface area contributed by atoms with Gasteiger partial charge in [0.25, 0.3) is 0 Å².